The van der Waals surface area contributed by atoms with E-state index < -0.39 is 0 Å². The molecular weight excluding hydrogens is 256 g/mol. The molecule has 1 heterocycles. The number of pyridine rings is 1. The molecule has 0 bridgehead atoms. The maximum absolute atomic E-state index is 4.44. The molecule has 0 unspecified atom stereocenters. The van der Waals surface area contributed by atoms with Crippen molar-refractivity contribution in [1.82, 2.24) is 4.98 Å². The summed E-state index contributed by atoms with van der Waals surface area (Å²) in [5.74, 6) is 0.911. The SMILES string of the molecule is C=C(/C(=C\C=NC)Cc1ccnc(C)c1C(C)C)C(C)C. The molecule has 114 valence electrons. The molecule has 0 aliphatic rings. The van der Waals surface area contributed by atoms with Gasteiger partial charge >= 0.3 is 0 Å². The van der Waals surface area contributed by atoms with Gasteiger partial charge in [-0.3, -0.25) is 9.98 Å². The van der Waals surface area contributed by atoms with E-state index in [1.807, 2.05) is 12.4 Å². The highest BCUT2D eigenvalue weighted by Gasteiger charge is 2.14. The van der Waals surface area contributed by atoms with Crippen LogP contribution >= 0.6 is 0 Å². The molecule has 0 atom stereocenters. The topological polar surface area (TPSA) is 25.2 Å². The van der Waals surface area contributed by atoms with Crippen LogP contribution in [0.3, 0.4) is 0 Å². The summed E-state index contributed by atoms with van der Waals surface area (Å²) >= 11 is 0. The molecular formula is C19H28N2. The average molecular weight is 284 g/mol. The summed E-state index contributed by atoms with van der Waals surface area (Å²) in [4.78, 5) is 8.52. The van der Waals surface area contributed by atoms with E-state index in [2.05, 4.69) is 63.3 Å². The highest BCUT2D eigenvalue weighted by molar-refractivity contribution is 5.73. The Morgan fingerprint density at radius 1 is 1.33 bits per heavy atom. The van der Waals surface area contributed by atoms with Crippen molar-refractivity contribution < 1.29 is 0 Å². The van der Waals surface area contributed by atoms with E-state index in [-0.39, 0.29) is 0 Å². The number of hydrogen-bond acceptors (Lipinski definition) is 2. The molecule has 0 saturated heterocycles. The Bertz CT molecular complexity index is 549. The molecule has 21 heavy (non-hydrogen) atoms. The molecule has 0 amide bonds. The lowest BCUT2D eigenvalue weighted by Gasteiger charge is -2.19. The Balaban J connectivity index is 3.22. The van der Waals surface area contributed by atoms with Crippen LogP contribution in [0.1, 0.15) is 50.4 Å². The van der Waals surface area contributed by atoms with E-state index in [4.69, 9.17) is 0 Å². The first-order valence-corrected chi connectivity index (χ1v) is 7.63. The fourth-order valence-electron chi connectivity index (χ4n) is 2.59. The van der Waals surface area contributed by atoms with Crippen LogP contribution in [0.5, 0.6) is 0 Å². The Labute approximate surface area is 129 Å². The second-order valence-corrected chi connectivity index (χ2v) is 6.08. The zero-order valence-electron chi connectivity index (χ0n) is 14.3. The predicted octanol–water partition coefficient (Wildman–Crippen LogP) is 4.90. The van der Waals surface area contributed by atoms with Gasteiger partial charge in [-0.15, -0.1) is 0 Å². The first kappa shape index (κ1) is 17.4. The van der Waals surface area contributed by atoms with Gasteiger partial charge in [0.15, 0.2) is 0 Å². The third kappa shape index (κ3) is 4.66. The van der Waals surface area contributed by atoms with Crippen LogP contribution in [0.15, 0.2) is 41.1 Å². The largest absolute Gasteiger partial charge is 0.297 e. The monoisotopic (exact) mass is 284 g/mol. The molecule has 1 rings (SSSR count). The van der Waals surface area contributed by atoms with Crippen molar-refractivity contribution in [1.29, 1.82) is 0 Å². The summed E-state index contributed by atoms with van der Waals surface area (Å²) in [7, 11) is 1.79. The Morgan fingerprint density at radius 3 is 2.52 bits per heavy atom. The molecule has 0 spiro atoms. The summed E-state index contributed by atoms with van der Waals surface area (Å²) in [5, 5.41) is 0. The van der Waals surface area contributed by atoms with Gasteiger partial charge in [0.2, 0.25) is 0 Å². The van der Waals surface area contributed by atoms with Gasteiger partial charge in [0.05, 0.1) is 0 Å². The van der Waals surface area contributed by atoms with Crippen molar-refractivity contribution in [3.63, 3.8) is 0 Å². The molecule has 2 heteroatoms. The normalized spacial score (nSPS) is 12.7. The molecule has 2 nitrogen and oxygen atoms in total. The quantitative estimate of drug-likeness (QED) is 0.539. The number of hydrogen-bond donors (Lipinski definition) is 0. The highest BCUT2D eigenvalue weighted by Crippen LogP contribution is 2.27. The molecule has 0 saturated carbocycles. The Morgan fingerprint density at radius 2 is 2.00 bits per heavy atom. The molecule has 0 radical (unpaired) electrons. The molecule has 0 fully saturated rings. The number of aryl methyl sites for hydroxylation is 1. The smallest absolute Gasteiger partial charge is 0.0410 e. The summed E-state index contributed by atoms with van der Waals surface area (Å²) in [5.41, 5.74) is 6.26. The standard InChI is InChI=1S/C19H28N2/c1-13(2)15(5)17(8-10-20-7)12-18-9-11-21-16(6)19(18)14(3)4/h8-11,13-14H,5,12H2,1-4,6-7H3/b17-8-,20-10?. The lowest BCUT2D eigenvalue weighted by atomic mass is 9.87. The highest BCUT2D eigenvalue weighted by atomic mass is 14.7. The summed E-state index contributed by atoms with van der Waals surface area (Å²) in [6, 6.07) is 2.13. The molecule has 1 aromatic rings. The van der Waals surface area contributed by atoms with Crippen LogP contribution in [0.4, 0.5) is 0 Å². The maximum Gasteiger partial charge on any atom is 0.0410 e. The number of nitrogens with zero attached hydrogens (tertiary/aromatic N) is 2. The lowest BCUT2D eigenvalue weighted by molar-refractivity contribution is 0.768. The van der Waals surface area contributed by atoms with Gasteiger partial charge in [0.25, 0.3) is 0 Å². The van der Waals surface area contributed by atoms with E-state index in [0.717, 1.165) is 12.1 Å². The minimum atomic E-state index is 0.437. The Hall–Kier alpha value is -1.70. The van der Waals surface area contributed by atoms with E-state index >= 15 is 0 Å². The average Bonchev–Trinajstić information content (AvgIpc) is 2.42. The van der Waals surface area contributed by atoms with Gasteiger partial charge in [-0.1, -0.05) is 34.3 Å². The van der Waals surface area contributed by atoms with Crippen LogP contribution in [0.25, 0.3) is 0 Å². The summed E-state index contributed by atoms with van der Waals surface area (Å²) in [6.45, 7) is 15.2. The third-order valence-corrected chi connectivity index (χ3v) is 3.77. The summed E-state index contributed by atoms with van der Waals surface area (Å²) in [6.07, 6.45) is 6.73. The van der Waals surface area contributed by atoms with Gasteiger partial charge in [-0.25, -0.2) is 0 Å². The number of rotatable bonds is 6. The van der Waals surface area contributed by atoms with Gasteiger partial charge < -0.3 is 0 Å². The maximum atomic E-state index is 4.44. The molecule has 0 aliphatic carbocycles. The fraction of sp³-hybridized carbons (Fsp3) is 0.474. The van der Waals surface area contributed by atoms with Crippen molar-refractivity contribution >= 4 is 6.21 Å². The second-order valence-electron chi connectivity index (χ2n) is 6.08. The Kier molecular flexibility index (Phi) is 6.54. The summed E-state index contributed by atoms with van der Waals surface area (Å²) < 4.78 is 0. The van der Waals surface area contributed by atoms with Gasteiger partial charge in [0.1, 0.15) is 0 Å². The van der Waals surface area contributed by atoms with Crippen LogP contribution < -0.4 is 0 Å². The van der Waals surface area contributed by atoms with Crippen LogP contribution in [-0.4, -0.2) is 18.2 Å². The number of allylic oxidation sites excluding steroid dienone is 3. The van der Waals surface area contributed by atoms with E-state index in [1.54, 1.807) is 7.05 Å². The first-order chi connectivity index (χ1) is 9.88. The third-order valence-electron chi connectivity index (χ3n) is 3.77. The number of aromatic nitrogens is 1. The van der Waals surface area contributed by atoms with Crippen molar-refractivity contribution in [2.45, 2.75) is 47.0 Å². The minimum absolute atomic E-state index is 0.437. The van der Waals surface area contributed by atoms with Crippen LogP contribution in [-0.2, 0) is 6.42 Å². The van der Waals surface area contributed by atoms with Crippen LogP contribution in [0, 0.1) is 12.8 Å². The van der Waals surface area contributed by atoms with Gasteiger partial charge in [0, 0.05) is 25.2 Å². The van der Waals surface area contributed by atoms with Crippen molar-refractivity contribution in [3.05, 3.63) is 52.9 Å². The van der Waals surface area contributed by atoms with E-state index in [9.17, 15) is 0 Å². The van der Waals surface area contributed by atoms with E-state index in [0.29, 0.717) is 11.8 Å². The van der Waals surface area contributed by atoms with Crippen molar-refractivity contribution in [2.75, 3.05) is 7.05 Å². The molecule has 0 aromatic carbocycles. The predicted molar refractivity (Wildman–Crippen MR) is 93.2 cm³/mol. The minimum Gasteiger partial charge on any atom is -0.297 e. The zero-order valence-corrected chi connectivity index (χ0v) is 14.3. The van der Waals surface area contributed by atoms with E-state index in [1.165, 1.54) is 22.3 Å². The van der Waals surface area contributed by atoms with Crippen molar-refractivity contribution in [2.24, 2.45) is 10.9 Å². The number of aliphatic imine (C=N–C) groups is 1. The van der Waals surface area contributed by atoms with Gasteiger partial charge in [-0.2, -0.15) is 0 Å². The zero-order chi connectivity index (χ0) is 16.0. The van der Waals surface area contributed by atoms with Crippen LogP contribution in [0.2, 0.25) is 0 Å². The first-order valence-electron chi connectivity index (χ1n) is 7.63. The fourth-order valence-corrected chi connectivity index (χ4v) is 2.59. The molecule has 0 aliphatic heterocycles. The van der Waals surface area contributed by atoms with Gasteiger partial charge in [-0.05, 0) is 59.6 Å². The molecule has 1 aromatic heterocycles. The van der Waals surface area contributed by atoms with Crippen molar-refractivity contribution in [3.8, 4) is 0 Å². The second kappa shape index (κ2) is 7.92. The molecule has 0 N–H and O–H groups in total. The lowest BCUT2D eigenvalue weighted by Crippen LogP contribution is -2.06.